The number of hydrogen-bond acceptors (Lipinski definition) is 1. The first-order valence-corrected chi connectivity index (χ1v) is 13.1. The van der Waals surface area contributed by atoms with Gasteiger partial charge in [-0.1, -0.05) is 87.5 Å². The molecule has 0 spiro atoms. The van der Waals surface area contributed by atoms with Crippen molar-refractivity contribution in [3.63, 3.8) is 0 Å². The van der Waals surface area contributed by atoms with Crippen LogP contribution in [-0.4, -0.2) is 10.1 Å². The standard InChI is InChI=1S/C35H31NO/c1-34(2,3)22-13-17-30-27(19-22)28-18-21-12-15-25-23(24-8-6-7-9-29(24)35(4,5)37)14-10-20-11-16-26(33(28)36-30)32(21)31(20)25/h6-19,36-37H,1-5H3. The Balaban J connectivity index is 1.59. The maximum atomic E-state index is 10.9. The summed E-state index contributed by atoms with van der Waals surface area (Å²) in [5.41, 5.74) is 6.08. The van der Waals surface area contributed by atoms with Gasteiger partial charge in [-0.2, -0.15) is 0 Å². The van der Waals surface area contributed by atoms with Crippen LogP contribution in [0, 0.1) is 0 Å². The van der Waals surface area contributed by atoms with Crippen LogP contribution in [0.15, 0.2) is 84.9 Å². The molecule has 0 saturated carbocycles. The molecule has 2 nitrogen and oxygen atoms in total. The first kappa shape index (κ1) is 22.3. The first-order chi connectivity index (χ1) is 17.6. The highest BCUT2D eigenvalue weighted by molar-refractivity contribution is 6.32. The second-order valence-corrected chi connectivity index (χ2v) is 12.1. The van der Waals surface area contributed by atoms with Crippen LogP contribution in [0.1, 0.15) is 45.7 Å². The second kappa shape index (κ2) is 7.34. The van der Waals surface area contributed by atoms with Gasteiger partial charge >= 0.3 is 0 Å². The van der Waals surface area contributed by atoms with Gasteiger partial charge in [0.2, 0.25) is 0 Å². The molecule has 1 heterocycles. The Morgan fingerprint density at radius 3 is 2.08 bits per heavy atom. The summed E-state index contributed by atoms with van der Waals surface area (Å²) in [6.45, 7) is 10.5. The Morgan fingerprint density at radius 1 is 0.595 bits per heavy atom. The molecule has 0 fully saturated rings. The third kappa shape index (κ3) is 3.22. The number of H-pyrrole nitrogens is 1. The minimum atomic E-state index is -0.928. The van der Waals surface area contributed by atoms with Crippen molar-refractivity contribution in [1.82, 2.24) is 4.98 Å². The van der Waals surface area contributed by atoms with Gasteiger partial charge in [-0.15, -0.1) is 0 Å². The number of hydrogen-bond donors (Lipinski definition) is 2. The number of benzene rings is 6. The average molecular weight is 482 g/mol. The maximum Gasteiger partial charge on any atom is 0.0846 e. The van der Waals surface area contributed by atoms with E-state index in [4.69, 9.17) is 0 Å². The largest absolute Gasteiger partial charge is 0.386 e. The zero-order valence-electron chi connectivity index (χ0n) is 22.0. The summed E-state index contributed by atoms with van der Waals surface area (Å²) >= 11 is 0. The van der Waals surface area contributed by atoms with Crippen molar-refractivity contribution >= 4 is 54.1 Å². The maximum absolute atomic E-state index is 10.9. The predicted octanol–water partition coefficient (Wildman–Crippen LogP) is 9.41. The summed E-state index contributed by atoms with van der Waals surface area (Å²) < 4.78 is 0. The average Bonchev–Trinajstić information content (AvgIpc) is 3.23. The van der Waals surface area contributed by atoms with Gasteiger partial charge in [0.1, 0.15) is 0 Å². The van der Waals surface area contributed by atoms with Crippen molar-refractivity contribution in [1.29, 1.82) is 0 Å². The Hall–Kier alpha value is -3.88. The molecule has 0 aliphatic heterocycles. The van der Waals surface area contributed by atoms with Crippen LogP contribution >= 0.6 is 0 Å². The van der Waals surface area contributed by atoms with E-state index in [0.29, 0.717) is 0 Å². The first-order valence-electron chi connectivity index (χ1n) is 13.1. The summed E-state index contributed by atoms with van der Waals surface area (Å²) in [5, 5.41) is 21.0. The van der Waals surface area contributed by atoms with Crippen molar-refractivity contribution < 1.29 is 5.11 Å². The molecule has 0 saturated heterocycles. The Bertz CT molecular complexity index is 1990. The summed E-state index contributed by atoms with van der Waals surface area (Å²) in [5.74, 6) is 0. The molecule has 0 atom stereocenters. The van der Waals surface area contributed by atoms with E-state index < -0.39 is 5.60 Å². The van der Waals surface area contributed by atoms with Crippen LogP contribution in [0.2, 0.25) is 0 Å². The third-order valence-electron chi connectivity index (χ3n) is 8.10. The van der Waals surface area contributed by atoms with Gasteiger partial charge in [0.05, 0.1) is 11.1 Å². The zero-order valence-corrected chi connectivity index (χ0v) is 22.0. The van der Waals surface area contributed by atoms with E-state index in [9.17, 15) is 5.11 Å². The van der Waals surface area contributed by atoms with Gasteiger partial charge in [0.25, 0.3) is 0 Å². The van der Waals surface area contributed by atoms with Crippen molar-refractivity contribution in [2.24, 2.45) is 0 Å². The van der Waals surface area contributed by atoms with Crippen molar-refractivity contribution in [2.45, 2.75) is 45.6 Å². The summed E-state index contributed by atoms with van der Waals surface area (Å²) in [6.07, 6.45) is 0. The molecule has 0 radical (unpaired) electrons. The lowest BCUT2D eigenvalue weighted by atomic mass is 9.84. The summed E-state index contributed by atoms with van der Waals surface area (Å²) in [6, 6.07) is 30.9. The van der Waals surface area contributed by atoms with Crippen LogP contribution in [0.3, 0.4) is 0 Å². The van der Waals surface area contributed by atoms with Crippen molar-refractivity contribution in [2.75, 3.05) is 0 Å². The van der Waals surface area contributed by atoms with Gasteiger partial charge < -0.3 is 10.1 Å². The highest BCUT2D eigenvalue weighted by Gasteiger charge is 2.23. The zero-order chi connectivity index (χ0) is 25.7. The molecule has 2 N–H and O–H groups in total. The number of aliphatic hydroxyl groups is 1. The van der Waals surface area contributed by atoms with Crippen LogP contribution in [0.5, 0.6) is 0 Å². The monoisotopic (exact) mass is 481 g/mol. The van der Waals surface area contributed by atoms with E-state index in [2.05, 4.69) is 98.6 Å². The predicted molar refractivity (Wildman–Crippen MR) is 159 cm³/mol. The Kier molecular flexibility index (Phi) is 4.43. The number of nitrogens with one attached hydrogen (secondary N) is 1. The van der Waals surface area contributed by atoms with Crippen LogP contribution in [-0.2, 0) is 11.0 Å². The van der Waals surface area contributed by atoms with E-state index in [1.807, 2.05) is 26.0 Å². The normalized spacial score (nSPS) is 13.1. The molecule has 2 heteroatoms. The van der Waals surface area contributed by atoms with Crippen molar-refractivity contribution in [3.05, 3.63) is 96.1 Å². The van der Waals surface area contributed by atoms with Crippen LogP contribution < -0.4 is 0 Å². The molecule has 6 aromatic carbocycles. The van der Waals surface area contributed by atoms with Gasteiger partial charge in [-0.3, -0.25) is 0 Å². The van der Waals surface area contributed by atoms with Gasteiger partial charge in [0.15, 0.2) is 0 Å². The van der Waals surface area contributed by atoms with E-state index in [0.717, 1.165) is 16.7 Å². The lowest BCUT2D eigenvalue weighted by Crippen LogP contribution is -2.16. The van der Waals surface area contributed by atoms with Gasteiger partial charge in [0, 0.05) is 21.7 Å². The van der Waals surface area contributed by atoms with E-state index >= 15 is 0 Å². The van der Waals surface area contributed by atoms with Gasteiger partial charge in [-0.05, 0) is 86.6 Å². The molecule has 182 valence electrons. The number of aromatic nitrogens is 1. The molecule has 0 aliphatic rings. The molecule has 7 aromatic rings. The Labute approximate surface area is 216 Å². The molecule has 0 amide bonds. The molecule has 7 rings (SSSR count). The fraction of sp³-hybridized carbons (Fsp3) is 0.200. The topological polar surface area (TPSA) is 36.0 Å². The Morgan fingerprint density at radius 2 is 1.30 bits per heavy atom. The fourth-order valence-corrected chi connectivity index (χ4v) is 6.19. The lowest BCUT2D eigenvalue weighted by Gasteiger charge is -2.23. The molecular formula is C35H31NO. The summed E-state index contributed by atoms with van der Waals surface area (Å²) in [7, 11) is 0. The van der Waals surface area contributed by atoms with E-state index in [-0.39, 0.29) is 5.41 Å². The van der Waals surface area contributed by atoms with E-state index in [1.165, 1.54) is 59.7 Å². The van der Waals surface area contributed by atoms with Gasteiger partial charge in [-0.25, -0.2) is 0 Å². The lowest BCUT2D eigenvalue weighted by molar-refractivity contribution is 0.0792. The van der Waals surface area contributed by atoms with E-state index in [1.54, 1.807) is 0 Å². The molecular weight excluding hydrogens is 450 g/mol. The molecule has 37 heavy (non-hydrogen) atoms. The molecule has 0 aliphatic carbocycles. The fourth-order valence-electron chi connectivity index (χ4n) is 6.19. The second-order valence-electron chi connectivity index (χ2n) is 12.1. The minimum Gasteiger partial charge on any atom is -0.386 e. The third-order valence-corrected chi connectivity index (χ3v) is 8.10. The molecule has 1 aromatic heterocycles. The number of rotatable bonds is 2. The van der Waals surface area contributed by atoms with Crippen molar-refractivity contribution in [3.8, 4) is 11.1 Å². The number of aromatic amines is 1. The van der Waals surface area contributed by atoms with Crippen LogP contribution in [0.4, 0.5) is 0 Å². The molecule has 0 unspecified atom stereocenters. The highest BCUT2D eigenvalue weighted by Crippen LogP contribution is 2.44. The van der Waals surface area contributed by atoms with Crippen LogP contribution in [0.25, 0.3) is 65.3 Å². The quantitative estimate of drug-likeness (QED) is 0.237. The summed E-state index contributed by atoms with van der Waals surface area (Å²) in [4.78, 5) is 3.75. The minimum absolute atomic E-state index is 0.101. The molecule has 0 bridgehead atoms. The number of fused-ring (bicyclic) bond motifs is 4. The SMILES string of the molecule is CC(C)(C)c1ccc2[nH]c3c(cc4ccc5c(-c6ccccc6C(C)(C)O)ccc6ccc3c4c65)c2c1. The highest BCUT2D eigenvalue weighted by atomic mass is 16.3. The smallest absolute Gasteiger partial charge is 0.0846 e.